The summed E-state index contributed by atoms with van der Waals surface area (Å²) < 4.78 is 26.6. The number of hydrogen-bond donors (Lipinski definition) is 1. The zero-order valence-electron chi connectivity index (χ0n) is 10.7. The van der Waals surface area contributed by atoms with Crippen molar-refractivity contribution in [3.8, 4) is 0 Å². The molecule has 0 atom stereocenters. The Kier molecular flexibility index (Phi) is 3.91. The zero-order valence-corrected chi connectivity index (χ0v) is 11.6. The summed E-state index contributed by atoms with van der Waals surface area (Å²) in [5, 5.41) is 9.11. The molecule has 6 heteroatoms. The first-order chi connectivity index (χ1) is 8.98. The lowest BCUT2D eigenvalue weighted by atomic mass is 10.2. The Balaban J connectivity index is 2.46. The van der Waals surface area contributed by atoms with Crippen LogP contribution in [-0.4, -0.2) is 36.4 Å². The molecule has 0 saturated heterocycles. The van der Waals surface area contributed by atoms with Crippen LogP contribution >= 0.6 is 0 Å². The molecule has 1 aromatic rings. The van der Waals surface area contributed by atoms with Gasteiger partial charge in [0.05, 0.1) is 10.5 Å². The van der Waals surface area contributed by atoms with Gasteiger partial charge < -0.3 is 5.11 Å². The molecule has 0 radical (unpaired) electrons. The van der Waals surface area contributed by atoms with Gasteiger partial charge in [-0.3, -0.25) is 0 Å². The van der Waals surface area contributed by atoms with E-state index in [0.717, 1.165) is 12.8 Å². The van der Waals surface area contributed by atoms with Gasteiger partial charge in [-0.1, -0.05) is 19.1 Å². The third-order valence-corrected chi connectivity index (χ3v) is 5.11. The summed E-state index contributed by atoms with van der Waals surface area (Å²) in [5.74, 6) is -1.22. The van der Waals surface area contributed by atoms with Gasteiger partial charge in [-0.15, -0.1) is 0 Å². The highest BCUT2D eigenvalue weighted by molar-refractivity contribution is 7.89. The second kappa shape index (κ2) is 5.30. The third kappa shape index (κ3) is 2.79. The quantitative estimate of drug-likeness (QED) is 0.866. The number of aromatic carboxylic acids is 1. The number of nitrogens with zero attached hydrogens (tertiary/aromatic N) is 1. The van der Waals surface area contributed by atoms with Gasteiger partial charge >= 0.3 is 5.97 Å². The molecule has 0 bridgehead atoms. The molecule has 1 saturated carbocycles. The van der Waals surface area contributed by atoms with Crippen molar-refractivity contribution in [3.63, 3.8) is 0 Å². The van der Waals surface area contributed by atoms with Crippen molar-refractivity contribution in [1.29, 1.82) is 0 Å². The molecule has 0 amide bonds. The molecular weight excluding hydrogens is 266 g/mol. The minimum atomic E-state index is -3.72. The fraction of sp³-hybridized carbons (Fsp3) is 0.462. The van der Waals surface area contributed by atoms with Crippen LogP contribution in [0.3, 0.4) is 0 Å². The van der Waals surface area contributed by atoms with E-state index in [-0.39, 0.29) is 16.5 Å². The number of benzene rings is 1. The van der Waals surface area contributed by atoms with Gasteiger partial charge in [0.2, 0.25) is 10.0 Å². The number of carboxylic acids is 1. The average molecular weight is 283 g/mol. The van der Waals surface area contributed by atoms with Crippen LogP contribution in [0.15, 0.2) is 29.2 Å². The fourth-order valence-electron chi connectivity index (χ4n) is 2.08. The first-order valence-electron chi connectivity index (χ1n) is 6.32. The first kappa shape index (κ1) is 14.0. The number of carboxylic acid groups (broad SMARTS) is 1. The normalized spacial score (nSPS) is 15.7. The highest BCUT2D eigenvalue weighted by atomic mass is 32.2. The van der Waals surface area contributed by atoms with Gasteiger partial charge in [0, 0.05) is 12.6 Å². The monoisotopic (exact) mass is 283 g/mol. The van der Waals surface area contributed by atoms with Gasteiger partial charge in [0.1, 0.15) is 0 Å². The highest BCUT2D eigenvalue weighted by Gasteiger charge is 2.38. The fourth-order valence-corrected chi connectivity index (χ4v) is 4.04. The molecule has 19 heavy (non-hydrogen) atoms. The van der Waals surface area contributed by atoms with Crippen LogP contribution in [0.4, 0.5) is 0 Å². The van der Waals surface area contributed by atoms with Crippen LogP contribution in [0, 0.1) is 0 Å². The maximum absolute atomic E-state index is 12.6. The Hall–Kier alpha value is -1.40. The van der Waals surface area contributed by atoms with Crippen LogP contribution in [0.5, 0.6) is 0 Å². The van der Waals surface area contributed by atoms with Crippen molar-refractivity contribution in [3.05, 3.63) is 29.8 Å². The molecule has 0 unspecified atom stereocenters. The molecule has 0 aromatic heterocycles. The second-order valence-electron chi connectivity index (χ2n) is 4.65. The summed E-state index contributed by atoms with van der Waals surface area (Å²) in [5.41, 5.74) is -0.163. The smallest absolute Gasteiger partial charge is 0.337 e. The summed E-state index contributed by atoms with van der Waals surface area (Å²) in [4.78, 5) is 11.0. The lowest BCUT2D eigenvalue weighted by Gasteiger charge is -2.22. The Morgan fingerprint density at radius 1 is 1.37 bits per heavy atom. The van der Waals surface area contributed by atoms with E-state index in [9.17, 15) is 13.2 Å². The van der Waals surface area contributed by atoms with Crippen LogP contribution < -0.4 is 0 Å². The Labute approximate surface area is 112 Å². The van der Waals surface area contributed by atoms with Crippen molar-refractivity contribution >= 4 is 16.0 Å². The predicted octanol–water partition coefficient (Wildman–Crippen LogP) is 1.95. The third-order valence-electron chi connectivity index (χ3n) is 3.10. The van der Waals surface area contributed by atoms with Crippen LogP contribution in [-0.2, 0) is 10.0 Å². The van der Waals surface area contributed by atoms with Gasteiger partial charge in [0.25, 0.3) is 0 Å². The van der Waals surface area contributed by atoms with Crippen molar-refractivity contribution in [2.45, 2.75) is 37.1 Å². The van der Waals surface area contributed by atoms with Crippen molar-refractivity contribution in [2.75, 3.05) is 6.54 Å². The minimum absolute atomic E-state index is 0.0341. The molecule has 0 spiro atoms. The summed E-state index contributed by atoms with van der Waals surface area (Å²) in [7, 11) is -3.72. The van der Waals surface area contributed by atoms with Gasteiger partial charge in [-0.05, 0) is 31.4 Å². The standard InChI is InChI=1S/C13H17NO4S/c1-2-9-14(10-7-8-10)19(17,18)12-6-4-3-5-11(12)13(15)16/h3-6,10H,2,7-9H2,1H3,(H,15,16). The van der Waals surface area contributed by atoms with Crippen molar-refractivity contribution < 1.29 is 18.3 Å². The molecule has 1 aliphatic rings. The van der Waals surface area contributed by atoms with Crippen molar-refractivity contribution in [1.82, 2.24) is 4.31 Å². The molecule has 0 heterocycles. The number of rotatable bonds is 6. The molecule has 1 aromatic carbocycles. The summed E-state index contributed by atoms with van der Waals surface area (Å²) in [6, 6.07) is 5.81. The van der Waals surface area contributed by atoms with Crippen LogP contribution in [0.25, 0.3) is 0 Å². The van der Waals surface area contributed by atoms with E-state index in [1.165, 1.54) is 22.5 Å². The van der Waals surface area contributed by atoms with Gasteiger partial charge in [-0.25, -0.2) is 13.2 Å². The maximum atomic E-state index is 12.6. The lowest BCUT2D eigenvalue weighted by Crippen LogP contribution is -2.34. The topological polar surface area (TPSA) is 74.7 Å². The number of carbonyl (C=O) groups is 1. The van der Waals surface area contributed by atoms with Gasteiger partial charge in [0.15, 0.2) is 0 Å². The molecule has 2 rings (SSSR count). The molecule has 0 aliphatic heterocycles. The highest BCUT2D eigenvalue weighted by Crippen LogP contribution is 2.33. The molecule has 1 fully saturated rings. The first-order valence-corrected chi connectivity index (χ1v) is 7.76. The molecule has 1 aliphatic carbocycles. The van der Waals surface area contributed by atoms with E-state index in [1.54, 1.807) is 6.07 Å². The minimum Gasteiger partial charge on any atom is -0.478 e. The molecule has 104 valence electrons. The summed E-state index contributed by atoms with van der Waals surface area (Å²) in [6.45, 7) is 2.34. The van der Waals surface area contributed by atoms with E-state index in [2.05, 4.69) is 0 Å². The Bertz CT molecular complexity index is 578. The average Bonchev–Trinajstić information content (AvgIpc) is 3.20. The molecule has 1 N–H and O–H groups in total. The predicted molar refractivity (Wildman–Crippen MR) is 70.6 cm³/mol. The number of sulfonamides is 1. The van der Waals surface area contributed by atoms with E-state index in [0.29, 0.717) is 13.0 Å². The lowest BCUT2D eigenvalue weighted by molar-refractivity contribution is 0.0692. The maximum Gasteiger partial charge on any atom is 0.337 e. The van der Waals surface area contributed by atoms with E-state index < -0.39 is 16.0 Å². The zero-order chi connectivity index (χ0) is 14.0. The Morgan fingerprint density at radius 3 is 2.53 bits per heavy atom. The summed E-state index contributed by atoms with van der Waals surface area (Å²) >= 11 is 0. The van der Waals surface area contributed by atoms with Crippen LogP contribution in [0.1, 0.15) is 36.5 Å². The van der Waals surface area contributed by atoms with E-state index in [4.69, 9.17) is 5.11 Å². The van der Waals surface area contributed by atoms with Gasteiger partial charge in [-0.2, -0.15) is 4.31 Å². The van der Waals surface area contributed by atoms with E-state index >= 15 is 0 Å². The largest absolute Gasteiger partial charge is 0.478 e. The molecular formula is C13H17NO4S. The molecule has 5 nitrogen and oxygen atoms in total. The second-order valence-corrected chi connectivity index (χ2v) is 6.51. The Morgan fingerprint density at radius 2 is 2.00 bits per heavy atom. The number of hydrogen-bond acceptors (Lipinski definition) is 3. The van der Waals surface area contributed by atoms with Crippen LogP contribution in [0.2, 0.25) is 0 Å². The summed E-state index contributed by atoms with van der Waals surface area (Å²) in [6.07, 6.45) is 2.42. The SMILES string of the molecule is CCCN(C1CC1)S(=O)(=O)c1ccccc1C(=O)O. The van der Waals surface area contributed by atoms with Crippen molar-refractivity contribution in [2.24, 2.45) is 0 Å². The van der Waals surface area contributed by atoms with E-state index in [1.807, 2.05) is 6.92 Å².